The van der Waals surface area contributed by atoms with E-state index in [-0.39, 0.29) is 6.03 Å². The smallest absolute Gasteiger partial charge is 0.323 e. The van der Waals surface area contributed by atoms with Crippen LogP contribution >= 0.6 is 11.3 Å². The molecule has 2 amide bonds. The number of hydrogen-bond donors (Lipinski definition) is 0. The van der Waals surface area contributed by atoms with Crippen LogP contribution in [0.2, 0.25) is 0 Å². The molecule has 2 aromatic rings. The summed E-state index contributed by atoms with van der Waals surface area (Å²) in [6.45, 7) is 1.38. The van der Waals surface area contributed by atoms with Gasteiger partial charge in [0.15, 0.2) is 4.80 Å². The summed E-state index contributed by atoms with van der Waals surface area (Å²) in [5.74, 6) is 0. The number of urea groups is 1. The molecule has 1 aliphatic heterocycles. The lowest BCUT2D eigenvalue weighted by atomic mass is 10.3. The van der Waals surface area contributed by atoms with Crippen molar-refractivity contribution in [1.82, 2.24) is 14.5 Å². The van der Waals surface area contributed by atoms with Gasteiger partial charge in [0.1, 0.15) is 5.69 Å². The molecule has 3 heterocycles. The summed E-state index contributed by atoms with van der Waals surface area (Å²) < 4.78 is 39.2. The van der Waals surface area contributed by atoms with E-state index in [9.17, 15) is 18.0 Å². The Labute approximate surface area is 133 Å². The minimum atomic E-state index is -4.48. The molecule has 1 saturated heterocycles. The van der Waals surface area contributed by atoms with Crippen molar-refractivity contribution in [2.75, 3.05) is 13.1 Å². The highest BCUT2D eigenvalue weighted by molar-refractivity contribution is 7.07. The molecule has 2 aromatic heterocycles. The van der Waals surface area contributed by atoms with Crippen molar-refractivity contribution in [1.29, 1.82) is 0 Å². The molecule has 5 nitrogen and oxygen atoms in total. The van der Waals surface area contributed by atoms with Gasteiger partial charge in [-0.05, 0) is 25.0 Å². The lowest BCUT2D eigenvalue weighted by molar-refractivity contribution is -0.141. The second kappa shape index (κ2) is 6.15. The molecule has 0 aliphatic carbocycles. The minimum Gasteiger partial charge on any atom is -0.323 e. The van der Waals surface area contributed by atoms with Gasteiger partial charge in [-0.1, -0.05) is 0 Å². The third kappa shape index (κ3) is 3.44. The molecule has 0 saturated carbocycles. The Morgan fingerprint density at radius 2 is 2.00 bits per heavy atom. The SMILES string of the molecule is O=C(N=c1sccn1-c1ccc(C(F)(F)F)nc1)N1CCCC1. The van der Waals surface area contributed by atoms with Crippen molar-refractivity contribution in [2.45, 2.75) is 19.0 Å². The maximum absolute atomic E-state index is 12.6. The third-order valence-electron chi connectivity index (χ3n) is 3.47. The number of halogens is 3. The predicted molar refractivity (Wildman–Crippen MR) is 78.2 cm³/mol. The van der Waals surface area contributed by atoms with Gasteiger partial charge in [-0.15, -0.1) is 11.3 Å². The second-order valence-electron chi connectivity index (χ2n) is 5.04. The maximum Gasteiger partial charge on any atom is 0.433 e. The largest absolute Gasteiger partial charge is 0.433 e. The van der Waals surface area contributed by atoms with Gasteiger partial charge >= 0.3 is 12.2 Å². The van der Waals surface area contributed by atoms with E-state index in [1.165, 1.54) is 17.4 Å². The summed E-state index contributed by atoms with van der Waals surface area (Å²) in [7, 11) is 0. The summed E-state index contributed by atoms with van der Waals surface area (Å²) in [5, 5.41) is 1.72. The zero-order valence-corrected chi connectivity index (χ0v) is 12.8. The van der Waals surface area contributed by atoms with E-state index in [2.05, 4.69) is 9.98 Å². The van der Waals surface area contributed by atoms with E-state index in [0.717, 1.165) is 25.1 Å². The van der Waals surface area contributed by atoms with Crippen LogP contribution in [0.4, 0.5) is 18.0 Å². The van der Waals surface area contributed by atoms with Crippen molar-refractivity contribution in [3.8, 4) is 5.69 Å². The molecule has 1 fully saturated rings. The van der Waals surface area contributed by atoms with Crippen LogP contribution in [-0.2, 0) is 6.18 Å². The van der Waals surface area contributed by atoms with Crippen LogP contribution in [0.25, 0.3) is 5.69 Å². The van der Waals surface area contributed by atoms with Gasteiger partial charge < -0.3 is 4.90 Å². The normalized spacial score (nSPS) is 16.1. The Morgan fingerprint density at radius 3 is 2.61 bits per heavy atom. The fraction of sp³-hybridized carbons (Fsp3) is 0.357. The van der Waals surface area contributed by atoms with Crippen LogP contribution in [0.5, 0.6) is 0 Å². The molecule has 0 spiro atoms. The Bertz CT molecular complexity index is 757. The lowest BCUT2D eigenvalue weighted by Gasteiger charge is -2.11. The standard InChI is InChI=1S/C14H13F3N4OS/c15-14(16,17)11-4-3-10(9-18-11)21-7-8-23-13(21)19-12(22)20-5-1-2-6-20/h3-4,7-9H,1-2,5-6H2. The fourth-order valence-corrected chi connectivity index (χ4v) is 3.02. The third-order valence-corrected chi connectivity index (χ3v) is 4.23. The lowest BCUT2D eigenvalue weighted by Crippen LogP contribution is -2.27. The zero-order chi connectivity index (χ0) is 16.4. The molecule has 0 atom stereocenters. The number of carbonyl (C=O) groups is 1. The Kier molecular flexibility index (Phi) is 4.20. The van der Waals surface area contributed by atoms with E-state index in [4.69, 9.17) is 0 Å². The average molecular weight is 342 g/mol. The molecule has 9 heteroatoms. The molecule has 0 bridgehead atoms. The summed E-state index contributed by atoms with van der Waals surface area (Å²) >= 11 is 1.24. The first kappa shape index (κ1) is 15.7. The number of amides is 2. The molecule has 0 N–H and O–H groups in total. The van der Waals surface area contributed by atoms with E-state index >= 15 is 0 Å². The summed E-state index contributed by atoms with van der Waals surface area (Å²) in [6.07, 6.45) is 0.222. The van der Waals surface area contributed by atoms with Crippen molar-refractivity contribution in [3.63, 3.8) is 0 Å². The molecule has 1 aliphatic rings. The molecule has 0 aromatic carbocycles. The quantitative estimate of drug-likeness (QED) is 0.800. The number of likely N-dealkylation sites (tertiary alicyclic amines) is 1. The van der Waals surface area contributed by atoms with Crippen molar-refractivity contribution in [2.24, 2.45) is 4.99 Å². The molecule has 3 rings (SSSR count). The second-order valence-corrected chi connectivity index (χ2v) is 5.92. The van der Waals surface area contributed by atoms with Crippen LogP contribution < -0.4 is 4.80 Å². The summed E-state index contributed by atoms with van der Waals surface area (Å²) in [4.78, 5) is 21.6. The van der Waals surface area contributed by atoms with Gasteiger partial charge in [0.2, 0.25) is 0 Å². The van der Waals surface area contributed by atoms with Gasteiger partial charge in [-0.3, -0.25) is 4.57 Å². The van der Waals surface area contributed by atoms with Crippen LogP contribution in [0.3, 0.4) is 0 Å². The number of alkyl halides is 3. The Balaban J connectivity index is 1.90. The zero-order valence-electron chi connectivity index (χ0n) is 12.0. The van der Waals surface area contributed by atoms with E-state index in [0.29, 0.717) is 23.6 Å². The number of pyridine rings is 1. The number of nitrogens with zero attached hydrogens (tertiary/aromatic N) is 4. The van der Waals surface area contributed by atoms with Gasteiger partial charge in [0.05, 0.1) is 11.9 Å². The molecule has 23 heavy (non-hydrogen) atoms. The minimum absolute atomic E-state index is 0.321. The molecular weight excluding hydrogens is 329 g/mol. The first-order valence-electron chi connectivity index (χ1n) is 6.98. The van der Waals surface area contributed by atoms with Crippen molar-refractivity contribution < 1.29 is 18.0 Å². The van der Waals surface area contributed by atoms with E-state index < -0.39 is 11.9 Å². The number of hydrogen-bond acceptors (Lipinski definition) is 3. The van der Waals surface area contributed by atoms with Crippen LogP contribution in [0.1, 0.15) is 18.5 Å². The molecule has 0 unspecified atom stereocenters. The fourth-order valence-electron chi connectivity index (χ4n) is 2.31. The number of carbonyl (C=O) groups excluding carboxylic acids is 1. The molecular formula is C14H13F3N4OS. The first-order chi connectivity index (χ1) is 10.9. The van der Waals surface area contributed by atoms with Crippen LogP contribution in [0.15, 0.2) is 34.9 Å². The van der Waals surface area contributed by atoms with Crippen LogP contribution in [0, 0.1) is 0 Å². The summed E-state index contributed by atoms with van der Waals surface area (Å²) in [5.41, 5.74) is -0.532. The van der Waals surface area contributed by atoms with Gasteiger partial charge in [0, 0.05) is 24.7 Å². The van der Waals surface area contributed by atoms with E-state index in [1.54, 1.807) is 21.0 Å². The Morgan fingerprint density at radius 1 is 1.26 bits per heavy atom. The van der Waals surface area contributed by atoms with Crippen molar-refractivity contribution in [3.05, 3.63) is 40.4 Å². The van der Waals surface area contributed by atoms with Gasteiger partial charge in [-0.25, -0.2) is 9.78 Å². The molecule has 122 valence electrons. The Hall–Kier alpha value is -2.16. The van der Waals surface area contributed by atoms with E-state index in [1.807, 2.05) is 0 Å². The number of aromatic nitrogens is 2. The maximum atomic E-state index is 12.6. The first-order valence-corrected chi connectivity index (χ1v) is 7.86. The van der Waals surface area contributed by atoms with Crippen LogP contribution in [-0.4, -0.2) is 33.6 Å². The highest BCUT2D eigenvalue weighted by atomic mass is 32.1. The monoisotopic (exact) mass is 342 g/mol. The average Bonchev–Trinajstić information content (AvgIpc) is 3.18. The number of rotatable bonds is 1. The number of thiazole rings is 1. The predicted octanol–water partition coefficient (Wildman–Crippen LogP) is 3.07. The highest BCUT2D eigenvalue weighted by Gasteiger charge is 2.32. The summed E-state index contributed by atoms with van der Waals surface area (Å²) in [6, 6.07) is 1.90. The highest BCUT2D eigenvalue weighted by Crippen LogP contribution is 2.27. The van der Waals surface area contributed by atoms with Crippen molar-refractivity contribution >= 4 is 17.4 Å². The van der Waals surface area contributed by atoms with Gasteiger partial charge in [-0.2, -0.15) is 18.2 Å². The molecule has 0 radical (unpaired) electrons. The topological polar surface area (TPSA) is 50.5 Å². The van der Waals surface area contributed by atoms with Gasteiger partial charge in [0.25, 0.3) is 0 Å².